The molecule has 3 heteroatoms. The zero-order chi connectivity index (χ0) is 6.69. The quantitative estimate of drug-likeness (QED) is 0.472. The Balaban J connectivity index is 3.01. The van der Waals surface area contributed by atoms with E-state index in [1.807, 2.05) is 20.0 Å². The first-order valence-electron chi connectivity index (χ1n) is 2.95. The molecule has 0 aliphatic rings. The summed E-state index contributed by atoms with van der Waals surface area (Å²) in [6.45, 7) is 0.534. The van der Waals surface area contributed by atoms with Crippen molar-refractivity contribution in [3.63, 3.8) is 0 Å². The third-order valence-electron chi connectivity index (χ3n) is 1.31. The van der Waals surface area contributed by atoms with Gasteiger partial charge in [0.2, 0.25) is 0 Å². The van der Waals surface area contributed by atoms with Crippen LogP contribution in [0.1, 0.15) is 5.69 Å². The number of hydrogen-bond acceptors (Lipinski definition) is 2. The first-order valence-corrected chi connectivity index (χ1v) is 2.95. The van der Waals surface area contributed by atoms with Crippen molar-refractivity contribution >= 4 is 13.3 Å². The highest BCUT2D eigenvalue weighted by atomic mass is 14.7. The normalized spacial score (nSPS) is 9.44. The fourth-order valence-corrected chi connectivity index (χ4v) is 0.732. The maximum atomic E-state index is 5.39. The third kappa shape index (κ3) is 1.30. The molecule has 1 aromatic heterocycles. The molecule has 0 atom stereocenters. The summed E-state index contributed by atoms with van der Waals surface area (Å²) in [5.74, 6) is 0. The van der Waals surface area contributed by atoms with E-state index in [9.17, 15) is 0 Å². The summed E-state index contributed by atoms with van der Waals surface area (Å²) in [4.78, 5) is 4.07. The second kappa shape index (κ2) is 2.64. The second-order valence-electron chi connectivity index (χ2n) is 1.97. The van der Waals surface area contributed by atoms with Crippen molar-refractivity contribution in [2.45, 2.75) is 6.54 Å². The lowest BCUT2D eigenvalue weighted by Gasteiger charge is -1.97. The number of nitrogens with two attached hydrogens (primary N) is 1. The Bertz CT molecular complexity index is 200. The lowest BCUT2D eigenvalue weighted by Crippen LogP contribution is -2.15. The van der Waals surface area contributed by atoms with E-state index in [0.29, 0.717) is 6.54 Å². The van der Waals surface area contributed by atoms with Crippen molar-refractivity contribution in [1.82, 2.24) is 4.98 Å². The van der Waals surface area contributed by atoms with E-state index < -0.39 is 0 Å². The summed E-state index contributed by atoms with van der Waals surface area (Å²) in [6.07, 6.45) is 1.76. The number of hydrogen-bond donors (Lipinski definition) is 1. The maximum absolute atomic E-state index is 5.39. The van der Waals surface area contributed by atoms with Gasteiger partial charge in [-0.3, -0.25) is 4.98 Å². The van der Waals surface area contributed by atoms with Crippen molar-refractivity contribution < 1.29 is 0 Å². The van der Waals surface area contributed by atoms with Crippen LogP contribution in [0.15, 0.2) is 18.3 Å². The Morgan fingerprint density at radius 3 is 2.89 bits per heavy atom. The highest BCUT2D eigenvalue weighted by molar-refractivity contribution is 6.33. The van der Waals surface area contributed by atoms with Crippen LogP contribution in [-0.4, -0.2) is 12.8 Å². The molecule has 0 aliphatic heterocycles. The Labute approximate surface area is 55.5 Å². The predicted octanol–water partition coefficient (Wildman–Crippen LogP) is -1.20. The fraction of sp³-hybridized carbons (Fsp3) is 0.167. The largest absolute Gasteiger partial charge is 0.325 e. The van der Waals surface area contributed by atoms with Gasteiger partial charge in [-0.05, 0) is 6.07 Å². The zero-order valence-corrected chi connectivity index (χ0v) is 5.46. The smallest absolute Gasteiger partial charge is 0.141 e. The lowest BCUT2D eigenvalue weighted by atomic mass is 9.94. The molecule has 0 aliphatic carbocycles. The second-order valence-corrected chi connectivity index (χ2v) is 1.97. The molecule has 46 valence electrons. The number of nitrogens with zero attached hydrogens (tertiary/aromatic N) is 1. The Morgan fingerprint density at radius 1 is 1.67 bits per heavy atom. The number of aromatic nitrogens is 1. The van der Waals surface area contributed by atoms with Crippen molar-refractivity contribution in [3.05, 3.63) is 24.0 Å². The highest BCUT2D eigenvalue weighted by Crippen LogP contribution is 1.84. The van der Waals surface area contributed by atoms with Crippen LogP contribution in [0.25, 0.3) is 0 Å². The van der Waals surface area contributed by atoms with Crippen molar-refractivity contribution in [1.29, 1.82) is 0 Å². The third-order valence-corrected chi connectivity index (χ3v) is 1.31. The van der Waals surface area contributed by atoms with Gasteiger partial charge in [0.25, 0.3) is 0 Å². The molecule has 0 bridgehead atoms. The first-order chi connectivity index (χ1) is 4.34. The van der Waals surface area contributed by atoms with E-state index >= 15 is 0 Å². The van der Waals surface area contributed by atoms with E-state index in [-0.39, 0.29) is 0 Å². The predicted molar refractivity (Wildman–Crippen MR) is 40.3 cm³/mol. The molecule has 1 heterocycles. The average Bonchev–Trinajstić information content (AvgIpc) is 1.89. The minimum atomic E-state index is 0.534. The molecule has 0 radical (unpaired) electrons. The number of pyridine rings is 1. The van der Waals surface area contributed by atoms with Gasteiger partial charge in [-0.15, -0.1) is 0 Å². The lowest BCUT2D eigenvalue weighted by molar-refractivity contribution is 1.00. The molecule has 9 heavy (non-hydrogen) atoms. The van der Waals surface area contributed by atoms with Crippen LogP contribution < -0.4 is 11.2 Å². The first kappa shape index (κ1) is 6.30. The number of rotatable bonds is 1. The van der Waals surface area contributed by atoms with Crippen molar-refractivity contribution in [3.8, 4) is 0 Å². The monoisotopic (exact) mass is 120 g/mol. The van der Waals surface area contributed by atoms with Gasteiger partial charge in [0.1, 0.15) is 7.85 Å². The molecular formula is C6H9BN2. The summed E-state index contributed by atoms with van der Waals surface area (Å²) in [7, 11) is 2.01. The summed E-state index contributed by atoms with van der Waals surface area (Å²) in [5, 5.41) is 0. The van der Waals surface area contributed by atoms with E-state index in [2.05, 4.69) is 4.98 Å². The van der Waals surface area contributed by atoms with Crippen LogP contribution in [0.4, 0.5) is 0 Å². The molecule has 1 aromatic rings. The van der Waals surface area contributed by atoms with Gasteiger partial charge in [-0.2, -0.15) is 0 Å². The molecule has 0 saturated heterocycles. The van der Waals surface area contributed by atoms with Crippen LogP contribution in [0, 0.1) is 0 Å². The molecule has 0 aromatic carbocycles. The molecule has 0 saturated carbocycles. The minimum Gasteiger partial charge on any atom is -0.325 e. The molecule has 2 nitrogen and oxygen atoms in total. The standard InChI is InChI=1S/C6H9BN2/c7-5-2-1-3-9-6(5)4-8/h1-3H,4,7-8H2. The van der Waals surface area contributed by atoms with E-state index in [4.69, 9.17) is 5.73 Å². The van der Waals surface area contributed by atoms with E-state index in [0.717, 1.165) is 5.69 Å². The summed E-state index contributed by atoms with van der Waals surface area (Å²) >= 11 is 0. The molecule has 0 spiro atoms. The summed E-state index contributed by atoms with van der Waals surface area (Å²) < 4.78 is 0. The molecule has 0 amide bonds. The Hall–Kier alpha value is -0.825. The SMILES string of the molecule is Bc1cccnc1CN. The van der Waals surface area contributed by atoms with Gasteiger partial charge in [0.05, 0.1) is 0 Å². The summed E-state index contributed by atoms with van der Waals surface area (Å²) in [5.41, 5.74) is 7.54. The van der Waals surface area contributed by atoms with Crippen LogP contribution in [0.2, 0.25) is 0 Å². The Kier molecular flexibility index (Phi) is 1.85. The van der Waals surface area contributed by atoms with Crippen molar-refractivity contribution in [2.75, 3.05) is 0 Å². The van der Waals surface area contributed by atoms with E-state index in [1.54, 1.807) is 6.20 Å². The molecule has 0 unspecified atom stereocenters. The van der Waals surface area contributed by atoms with Crippen molar-refractivity contribution in [2.24, 2.45) is 5.73 Å². The minimum absolute atomic E-state index is 0.534. The maximum Gasteiger partial charge on any atom is 0.141 e. The molecule has 0 fully saturated rings. The van der Waals surface area contributed by atoms with Crippen LogP contribution in [0.3, 0.4) is 0 Å². The highest BCUT2D eigenvalue weighted by Gasteiger charge is 1.91. The van der Waals surface area contributed by atoms with E-state index in [1.165, 1.54) is 5.46 Å². The van der Waals surface area contributed by atoms with Gasteiger partial charge in [-0.25, -0.2) is 0 Å². The van der Waals surface area contributed by atoms with Gasteiger partial charge in [-0.1, -0.05) is 11.5 Å². The zero-order valence-electron chi connectivity index (χ0n) is 5.46. The van der Waals surface area contributed by atoms with Crippen LogP contribution >= 0.6 is 0 Å². The fourth-order valence-electron chi connectivity index (χ4n) is 0.732. The molecule has 2 N–H and O–H groups in total. The molecule has 1 rings (SSSR count). The van der Waals surface area contributed by atoms with Gasteiger partial charge in [0, 0.05) is 18.4 Å². The molecular weight excluding hydrogens is 111 g/mol. The van der Waals surface area contributed by atoms with Gasteiger partial charge in [0.15, 0.2) is 0 Å². The summed E-state index contributed by atoms with van der Waals surface area (Å²) in [6, 6.07) is 3.92. The van der Waals surface area contributed by atoms with Gasteiger partial charge < -0.3 is 5.73 Å². The topological polar surface area (TPSA) is 38.9 Å². The average molecular weight is 120 g/mol. The van der Waals surface area contributed by atoms with Crippen LogP contribution in [0.5, 0.6) is 0 Å². The Morgan fingerprint density at radius 2 is 2.44 bits per heavy atom. The van der Waals surface area contributed by atoms with Gasteiger partial charge >= 0.3 is 0 Å². The van der Waals surface area contributed by atoms with Crippen LogP contribution in [-0.2, 0) is 6.54 Å².